The van der Waals surface area contributed by atoms with Gasteiger partial charge in [-0.25, -0.2) is 15.0 Å². The third kappa shape index (κ3) is 3.05. The van der Waals surface area contributed by atoms with E-state index in [9.17, 15) is 4.79 Å². The number of fused-ring (bicyclic) bond motifs is 4. The topological polar surface area (TPSA) is 65.6 Å². The maximum atomic E-state index is 13.5. The van der Waals surface area contributed by atoms with E-state index < -0.39 is 0 Å². The molecule has 0 saturated heterocycles. The van der Waals surface area contributed by atoms with E-state index in [1.165, 1.54) is 5.56 Å². The minimum atomic E-state index is -0.0855. The predicted octanol–water partition coefficient (Wildman–Crippen LogP) is 4.31. The molecule has 0 fully saturated rings. The molecule has 0 atom stereocenters. The number of hydrogen-bond donors (Lipinski definition) is 0. The van der Waals surface area contributed by atoms with E-state index in [1.54, 1.807) is 10.9 Å². The second kappa shape index (κ2) is 7.06. The van der Waals surface area contributed by atoms with E-state index in [2.05, 4.69) is 37.9 Å². The summed E-state index contributed by atoms with van der Waals surface area (Å²) in [6.45, 7) is 7.53. The quantitative estimate of drug-likeness (QED) is 0.453. The van der Waals surface area contributed by atoms with Gasteiger partial charge in [-0.3, -0.25) is 9.36 Å². The molecule has 3 heterocycles. The number of aromatic nitrogens is 5. The molecule has 0 aliphatic carbocycles. The van der Waals surface area contributed by atoms with Gasteiger partial charge in [0.2, 0.25) is 0 Å². The summed E-state index contributed by atoms with van der Waals surface area (Å²) in [6.07, 6.45) is 1.64. The van der Waals surface area contributed by atoms with Gasteiger partial charge in [-0.15, -0.1) is 0 Å². The Morgan fingerprint density at radius 2 is 1.63 bits per heavy atom. The minimum absolute atomic E-state index is 0.0855. The molecule has 0 aliphatic heterocycles. The van der Waals surface area contributed by atoms with Crippen molar-refractivity contribution in [1.82, 2.24) is 24.1 Å². The fourth-order valence-corrected chi connectivity index (χ4v) is 3.88. The molecule has 5 rings (SSSR count). The molecular weight excluding hydrogens is 374 g/mol. The summed E-state index contributed by atoms with van der Waals surface area (Å²) in [4.78, 5) is 27.8. The molecule has 0 spiro atoms. The molecule has 0 N–H and O–H groups in total. The number of aryl methyl sites for hydroxylation is 1. The Kier molecular flexibility index (Phi) is 4.35. The van der Waals surface area contributed by atoms with Crippen molar-refractivity contribution >= 4 is 33.2 Å². The van der Waals surface area contributed by atoms with Crippen molar-refractivity contribution in [2.45, 2.75) is 33.9 Å². The van der Waals surface area contributed by atoms with Gasteiger partial charge in [0.05, 0.1) is 17.6 Å². The van der Waals surface area contributed by atoms with Gasteiger partial charge >= 0.3 is 0 Å². The molecule has 3 aromatic heterocycles. The van der Waals surface area contributed by atoms with Gasteiger partial charge in [0, 0.05) is 6.54 Å². The van der Waals surface area contributed by atoms with Crippen LogP contribution in [0.25, 0.3) is 33.2 Å². The van der Waals surface area contributed by atoms with Gasteiger partial charge in [-0.2, -0.15) is 0 Å². The molecule has 5 aromatic rings. The van der Waals surface area contributed by atoms with Gasteiger partial charge < -0.3 is 4.57 Å². The third-order valence-corrected chi connectivity index (χ3v) is 5.34. The van der Waals surface area contributed by atoms with Crippen LogP contribution in [-0.4, -0.2) is 24.1 Å². The lowest BCUT2D eigenvalue weighted by Crippen LogP contribution is -2.21. The highest BCUT2D eigenvalue weighted by atomic mass is 16.1. The zero-order valence-corrected chi connectivity index (χ0v) is 17.3. The van der Waals surface area contributed by atoms with Crippen LogP contribution in [0.5, 0.6) is 0 Å². The SMILES string of the molecule is Cc1ccc(Cn2cnc3c(c2=O)c2nc4ccccc4nc2n3CC(C)C)cc1. The summed E-state index contributed by atoms with van der Waals surface area (Å²) >= 11 is 0. The number of benzene rings is 2. The summed E-state index contributed by atoms with van der Waals surface area (Å²) in [5.41, 5.74) is 5.76. The Hall–Kier alpha value is -3.54. The van der Waals surface area contributed by atoms with Crippen LogP contribution in [0.2, 0.25) is 0 Å². The largest absolute Gasteiger partial charge is 0.308 e. The lowest BCUT2D eigenvalue weighted by atomic mass is 10.1. The molecule has 30 heavy (non-hydrogen) atoms. The van der Waals surface area contributed by atoms with Crippen LogP contribution in [0, 0.1) is 12.8 Å². The lowest BCUT2D eigenvalue weighted by Gasteiger charge is -2.09. The van der Waals surface area contributed by atoms with Crippen molar-refractivity contribution in [2.75, 3.05) is 0 Å². The van der Waals surface area contributed by atoms with Crippen molar-refractivity contribution in [3.05, 3.63) is 76.3 Å². The fraction of sp³-hybridized carbons (Fsp3) is 0.250. The summed E-state index contributed by atoms with van der Waals surface area (Å²) in [5.74, 6) is 0.383. The maximum Gasteiger partial charge on any atom is 0.265 e. The third-order valence-electron chi connectivity index (χ3n) is 5.34. The molecule has 0 aliphatic rings. The van der Waals surface area contributed by atoms with Gasteiger partial charge in [0.1, 0.15) is 17.2 Å². The average molecular weight is 397 g/mol. The van der Waals surface area contributed by atoms with Crippen LogP contribution >= 0.6 is 0 Å². The van der Waals surface area contributed by atoms with Crippen molar-refractivity contribution in [3.8, 4) is 0 Å². The Balaban J connectivity index is 1.78. The molecular formula is C24H23N5O. The monoisotopic (exact) mass is 397 g/mol. The number of rotatable bonds is 4. The van der Waals surface area contributed by atoms with Gasteiger partial charge in [-0.05, 0) is 30.5 Å². The molecule has 0 saturated carbocycles. The fourth-order valence-electron chi connectivity index (χ4n) is 3.88. The summed E-state index contributed by atoms with van der Waals surface area (Å²) in [7, 11) is 0. The molecule has 6 heteroatoms. The first kappa shape index (κ1) is 18.5. The van der Waals surface area contributed by atoms with Gasteiger partial charge in [0.25, 0.3) is 5.56 Å². The highest BCUT2D eigenvalue weighted by Crippen LogP contribution is 2.25. The number of para-hydroxylation sites is 2. The highest BCUT2D eigenvalue weighted by molar-refractivity contribution is 6.04. The van der Waals surface area contributed by atoms with Crippen LogP contribution in [0.4, 0.5) is 0 Å². The molecule has 0 unspecified atom stereocenters. The van der Waals surface area contributed by atoms with E-state index >= 15 is 0 Å². The molecule has 0 amide bonds. The second-order valence-electron chi connectivity index (χ2n) is 8.25. The first-order valence-electron chi connectivity index (χ1n) is 10.2. The average Bonchev–Trinajstić information content (AvgIpc) is 3.03. The Labute approximate surface area is 173 Å². The zero-order valence-electron chi connectivity index (χ0n) is 17.3. The van der Waals surface area contributed by atoms with E-state index in [0.717, 1.165) is 28.8 Å². The van der Waals surface area contributed by atoms with Crippen LogP contribution in [0.1, 0.15) is 25.0 Å². The van der Waals surface area contributed by atoms with Gasteiger partial charge in [0.15, 0.2) is 11.3 Å². The standard InChI is InChI=1S/C24H23N5O/c1-15(2)12-29-22-20(21-23(29)27-19-7-5-4-6-18(19)26-21)24(30)28(14-25-22)13-17-10-8-16(3)9-11-17/h4-11,14-15H,12-13H2,1-3H3. The van der Waals surface area contributed by atoms with E-state index in [0.29, 0.717) is 29.0 Å². The molecule has 2 aromatic carbocycles. The van der Waals surface area contributed by atoms with Crippen molar-refractivity contribution in [3.63, 3.8) is 0 Å². The van der Waals surface area contributed by atoms with Crippen molar-refractivity contribution < 1.29 is 0 Å². The van der Waals surface area contributed by atoms with E-state index in [1.807, 2.05) is 41.0 Å². The summed E-state index contributed by atoms with van der Waals surface area (Å²) in [5, 5.41) is 0.540. The first-order valence-corrected chi connectivity index (χ1v) is 10.2. The van der Waals surface area contributed by atoms with Crippen LogP contribution in [-0.2, 0) is 13.1 Å². The number of nitrogens with zero attached hydrogens (tertiary/aromatic N) is 5. The van der Waals surface area contributed by atoms with Crippen molar-refractivity contribution in [1.29, 1.82) is 0 Å². The zero-order chi connectivity index (χ0) is 20.8. The second-order valence-corrected chi connectivity index (χ2v) is 8.25. The summed E-state index contributed by atoms with van der Waals surface area (Å²) in [6, 6.07) is 15.9. The lowest BCUT2D eigenvalue weighted by molar-refractivity contribution is 0.540. The van der Waals surface area contributed by atoms with Gasteiger partial charge in [-0.1, -0.05) is 55.8 Å². The first-order chi connectivity index (χ1) is 14.5. The molecule has 6 nitrogen and oxygen atoms in total. The van der Waals surface area contributed by atoms with E-state index in [4.69, 9.17) is 9.97 Å². The Morgan fingerprint density at radius 1 is 0.933 bits per heavy atom. The van der Waals surface area contributed by atoms with Crippen molar-refractivity contribution in [2.24, 2.45) is 5.92 Å². The maximum absolute atomic E-state index is 13.5. The summed E-state index contributed by atoms with van der Waals surface area (Å²) < 4.78 is 3.69. The molecule has 0 radical (unpaired) electrons. The normalized spacial score (nSPS) is 11.9. The highest BCUT2D eigenvalue weighted by Gasteiger charge is 2.20. The van der Waals surface area contributed by atoms with E-state index in [-0.39, 0.29) is 5.56 Å². The smallest absolute Gasteiger partial charge is 0.265 e. The Bertz CT molecular complexity index is 1440. The molecule has 0 bridgehead atoms. The van der Waals surface area contributed by atoms with Crippen LogP contribution in [0.3, 0.4) is 0 Å². The minimum Gasteiger partial charge on any atom is -0.308 e. The molecule has 150 valence electrons. The predicted molar refractivity (Wildman–Crippen MR) is 120 cm³/mol. The van der Waals surface area contributed by atoms with Crippen LogP contribution < -0.4 is 5.56 Å². The Morgan fingerprint density at radius 3 is 2.33 bits per heavy atom. The number of hydrogen-bond acceptors (Lipinski definition) is 4. The van der Waals surface area contributed by atoms with Crippen LogP contribution in [0.15, 0.2) is 59.7 Å².